The smallest absolute Gasteiger partial charge is 0.254 e. The van der Waals surface area contributed by atoms with E-state index in [1.54, 1.807) is 26.8 Å². The van der Waals surface area contributed by atoms with Crippen LogP contribution in [0.25, 0.3) is 11.1 Å². The molecular weight excluding hydrogens is 518 g/mol. The summed E-state index contributed by atoms with van der Waals surface area (Å²) in [5.41, 5.74) is -0.339. The molecular formula is C26H32F2N4O5S. The first-order valence-electron chi connectivity index (χ1n) is 12.2. The highest BCUT2D eigenvalue weighted by atomic mass is 32.2. The molecule has 4 N–H and O–H groups in total. The Morgan fingerprint density at radius 1 is 0.974 bits per heavy atom. The molecule has 1 atom stereocenters. The van der Waals surface area contributed by atoms with Crippen molar-refractivity contribution in [2.24, 2.45) is 0 Å². The number of hydrogen-bond donors (Lipinski definition) is 4. The summed E-state index contributed by atoms with van der Waals surface area (Å²) in [6, 6.07) is 8.23. The number of carbonyl (C=O) groups is 3. The Morgan fingerprint density at radius 3 is 2.26 bits per heavy atom. The topological polar surface area (TPSA) is 133 Å². The number of hydrogen-bond acceptors (Lipinski definition) is 5. The zero-order valence-electron chi connectivity index (χ0n) is 21.4. The van der Waals surface area contributed by atoms with Gasteiger partial charge in [0.05, 0.1) is 17.2 Å². The SMILES string of the molecule is CC(C)(C)NC(=O)C[C@H](NS(=O)(=O)C1CC1)C(=O)NCCNC(=O)c1cc(-c2ccccc2F)ccc1F. The van der Waals surface area contributed by atoms with E-state index in [9.17, 15) is 31.6 Å². The zero-order valence-corrected chi connectivity index (χ0v) is 22.3. The molecule has 0 unspecified atom stereocenters. The monoisotopic (exact) mass is 550 g/mol. The van der Waals surface area contributed by atoms with Crippen LogP contribution in [0.3, 0.4) is 0 Å². The number of halogens is 2. The van der Waals surface area contributed by atoms with Gasteiger partial charge in [0.25, 0.3) is 5.91 Å². The summed E-state index contributed by atoms with van der Waals surface area (Å²) in [6.45, 7) is 5.05. The molecule has 0 aliphatic heterocycles. The summed E-state index contributed by atoms with van der Waals surface area (Å²) in [5, 5.41) is 7.07. The summed E-state index contributed by atoms with van der Waals surface area (Å²) in [7, 11) is -3.76. The minimum atomic E-state index is -3.76. The molecule has 2 aromatic carbocycles. The minimum absolute atomic E-state index is 0.107. The van der Waals surface area contributed by atoms with Crippen molar-refractivity contribution >= 4 is 27.7 Å². The average Bonchev–Trinajstić information content (AvgIpc) is 3.67. The summed E-state index contributed by atoms with van der Waals surface area (Å²) >= 11 is 0. The molecule has 1 aliphatic rings. The predicted octanol–water partition coefficient (Wildman–Crippen LogP) is 2.23. The Bertz CT molecular complexity index is 1310. The average molecular weight is 551 g/mol. The highest BCUT2D eigenvalue weighted by Gasteiger charge is 2.39. The molecule has 0 bridgehead atoms. The standard InChI is InChI=1S/C26H32F2N4O5S/c1-26(2,3)31-23(33)15-22(32-38(36,37)17-9-10-17)25(35)30-13-12-29-24(34)19-14-16(8-11-21(19)28)18-6-4-5-7-20(18)27/h4-8,11,14,17,22,32H,9-10,12-13,15H2,1-3H3,(H,29,34)(H,30,35)(H,31,33)/t22-/m0/s1. The summed E-state index contributed by atoms with van der Waals surface area (Å²) in [6.07, 6.45) is 0.562. The van der Waals surface area contributed by atoms with Crippen molar-refractivity contribution in [1.82, 2.24) is 20.7 Å². The van der Waals surface area contributed by atoms with Crippen molar-refractivity contribution in [3.63, 3.8) is 0 Å². The van der Waals surface area contributed by atoms with Crippen LogP contribution in [0.15, 0.2) is 42.5 Å². The summed E-state index contributed by atoms with van der Waals surface area (Å²) < 4.78 is 55.5. The number of benzene rings is 2. The quantitative estimate of drug-likeness (QED) is 0.319. The third-order valence-electron chi connectivity index (χ3n) is 5.60. The van der Waals surface area contributed by atoms with Gasteiger partial charge in [0.2, 0.25) is 21.8 Å². The molecule has 12 heteroatoms. The second kappa shape index (κ2) is 12.0. The van der Waals surface area contributed by atoms with E-state index in [0.29, 0.717) is 18.4 Å². The third-order valence-corrected chi connectivity index (χ3v) is 7.56. The van der Waals surface area contributed by atoms with Gasteiger partial charge in [0, 0.05) is 24.2 Å². The minimum Gasteiger partial charge on any atom is -0.353 e. The van der Waals surface area contributed by atoms with Gasteiger partial charge in [-0.2, -0.15) is 0 Å². The maximum Gasteiger partial charge on any atom is 0.254 e. The Kier molecular flexibility index (Phi) is 9.21. The maximum atomic E-state index is 14.3. The second-order valence-electron chi connectivity index (χ2n) is 10.1. The van der Waals surface area contributed by atoms with Gasteiger partial charge < -0.3 is 16.0 Å². The fourth-order valence-electron chi connectivity index (χ4n) is 3.66. The largest absolute Gasteiger partial charge is 0.353 e. The van der Waals surface area contributed by atoms with E-state index in [2.05, 4.69) is 20.7 Å². The Balaban J connectivity index is 1.59. The van der Waals surface area contributed by atoms with Crippen molar-refractivity contribution in [3.05, 3.63) is 59.7 Å². The molecule has 3 rings (SSSR count). The van der Waals surface area contributed by atoms with Crippen LogP contribution in [0, 0.1) is 11.6 Å². The molecule has 1 aliphatic carbocycles. The molecule has 0 aromatic heterocycles. The van der Waals surface area contributed by atoms with Crippen LogP contribution in [0.5, 0.6) is 0 Å². The molecule has 38 heavy (non-hydrogen) atoms. The molecule has 206 valence electrons. The van der Waals surface area contributed by atoms with E-state index < -0.39 is 62.6 Å². The van der Waals surface area contributed by atoms with Crippen molar-refractivity contribution in [1.29, 1.82) is 0 Å². The maximum absolute atomic E-state index is 14.3. The van der Waals surface area contributed by atoms with E-state index in [1.165, 1.54) is 30.3 Å². The van der Waals surface area contributed by atoms with Crippen LogP contribution in [-0.2, 0) is 19.6 Å². The lowest BCUT2D eigenvalue weighted by Crippen LogP contribution is -2.52. The van der Waals surface area contributed by atoms with Gasteiger partial charge >= 0.3 is 0 Å². The van der Waals surface area contributed by atoms with Crippen LogP contribution >= 0.6 is 0 Å². The molecule has 0 heterocycles. The van der Waals surface area contributed by atoms with Crippen LogP contribution in [0.4, 0.5) is 8.78 Å². The van der Waals surface area contributed by atoms with E-state index in [4.69, 9.17) is 0 Å². The van der Waals surface area contributed by atoms with Crippen molar-refractivity contribution in [2.45, 2.75) is 56.9 Å². The van der Waals surface area contributed by atoms with Crippen LogP contribution < -0.4 is 20.7 Å². The third kappa shape index (κ3) is 8.32. The molecule has 1 saturated carbocycles. The molecule has 9 nitrogen and oxygen atoms in total. The number of amides is 3. The lowest BCUT2D eigenvalue weighted by Gasteiger charge is -2.23. The molecule has 2 aromatic rings. The molecule has 0 spiro atoms. The lowest BCUT2D eigenvalue weighted by atomic mass is 10.0. The molecule has 0 radical (unpaired) electrons. The number of sulfonamides is 1. The van der Waals surface area contributed by atoms with Gasteiger partial charge in [0.15, 0.2) is 0 Å². The van der Waals surface area contributed by atoms with Crippen molar-refractivity contribution in [2.75, 3.05) is 13.1 Å². The summed E-state index contributed by atoms with van der Waals surface area (Å²) in [5.74, 6) is -3.33. The van der Waals surface area contributed by atoms with Crippen LogP contribution in [0.2, 0.25) is 0 Å². The first kappa shape index (κ1) is 29.2. The van der Waals surface area contributed by atoms with Gasteiger partial charge in [-0.1, -0.05) is 24.3 Å². The Labute approximate surface area is 220 Å². The molecule has 3 amide bonds. The van der Waals surface area contributed by atoms with Gasteiger partial charge in [-0.05, 0) is 57.4 Å². The van der Waals surface area contributed by atoms with Crippen LogP contribution in [-0.4, -0.2) is 56.1 Å². The second-order valence-corrected chi connectivity index (χ2v) is 12.1. The Hall–Kier alpha value is -3.38. The van der Waals surface area contributed by atoms with Crippen LogP contribution in [0.1, 0.15) is 50.4 Å². The zero-order chi connectivity index (χ0) is 28.1. The number of rotatable bonds is 11. The molecule has 1 fully saturated rings. The van der Waals surface area contributed by atoms with Gasteiger partial charge in [-0.25, -0.2) is 21.9 Å². The van der Waals surface area contributed by atoms with E-state index in [0.717, 1.165) is 6.07 Å². The normalized spacial score (nSPS) is 14.4. The first-order valence-corrected chi connectivity index (χ1v) is 13.7. The van der Waals surface area contributed by atoms with Crippen molar-refractivity contribution in [3.8, 4) is 11.1 Å². The number of nitrogens with one attached hydrogen (secondary N) is 4. The fourth-order valence-corrected chi connectivity index (χ4v) is 5.19. The number of carbonyl (C=O) groups excluding carboxylic acids is 3. The van der Waals surface area contributed by atoms with Gasteiger partial charge in [-0.3, -0.25) is 14.4 Å². The van der Waals surface area contributed by atoms with Gasteiger partial charge in [0.1, 0.15) is 17.7 Å². The predicted molar refractivity (Wildman–Crippen MR) is 139 cm³/mol. The highest BCUT2D eigenvalue weighted by Crippen LogP contribution is 2.28. The van der Waals surface area contributed by atoms with E-state index >= 15 is 0 Å². The van der Waals surface area contributed by atoms with Crippen molar-refractivity contribution < 1.29 is 31.6 Å². The van der Waals surface area contributed by atoms with E-state index in [1.807, 2.05) is 0 Å². The molecule has 0 saturated heterocycles. The Morgan fingerprint density at radius 2 is 1.63 bits per heavy atom. The highest BCUT2D eigenvalue weighted by molar-refractivity contribution is 7.90. The van der Waals surface area contributed by atoms with Gasteiger partial charge in [-0.15, -0.1) is 0 Å². The fraction of sp³-hybridized carbons (Fsp3) is 0.423. The summed E-state index contributed by atoms with van der Waals surface area (Å²) in [4.78, 5) is 37.7. The lowest BCUT2D eigenvalue weighted by molar-refractivity contribution is -0.128. The first-order chi connectivity index (χ1) is 17.8. The van der Waals surface area contributed by atoms with E-state index in [-0.39, 0.29) is 24.2 Å².